The van der Waals surface area contributed by atoms with Crippen LogP contribution in [-0.2, 0) is 14.3 Å². The molecule has 2 rings (SSSR count). The van der Waals surface area contributed by atoms with E-state index < -0.39 is 23.6 Å². The molecule has 1 N–H and O–H groups in total. The van der Waals surface area contributed by atoms with Crippen LogP contribution in [0.1, 0.15) is 17.2 Å². The number of esters is 1. The van der Waals surface area contributed by atoms with Gasteiger partial charge in [0.1, 0.15) is 0 Å². The van der Waals surface area contributed by atoms with Crippen molar-refractivity contribution in [2.45, 2.75) is 6.10 Å². The standard InChI is InChI=1S/C17H14BrNO4/c18-11-14(20)15(19-22)17(21)23-16(12-7-3-1-4-8-12)13-9-5-2-6-10-13/h1-10,16,22H,11H2/b19-15-. The molecule has 0 bridgehead atoms. The maximum Gasteiger partial charge on any atom is 0.365 e. The normalized spacial score (nSPS) is 11.3. The van der Waals surface area contributed by atoms with E-state index in [1.165, 1.54) is 0 Å². The molecule has 0 aliphatic rings. The van der Waals surface area contributed by atoms with Gasteiger partial charge in [-0.25, -0.2) is 4.79 Å². The summed E-state index contributed by atoms with van der Waals surface area (Å²) < 4.78 is 5.43. The third kappa shape index (κ3) is 4.26. The minimum Gasteiger partial charge on any atom is -0.448 e. The van der Waals surface area contributed by atoms with Gasteiger partial charge in [0.15, 0.2) is 6.10 Å². The number of carbonyl (C=O) groups is 2. The number of ether oxygens (including phenoxy) is 1. The lowest BCUT2D eigenvalue weighted by molar-refractivity contribution is -0.139. The molecule has 0 aliphatic heterocycles. The molecule has 0 spiro atoms. The van der Waals surface area contributed by atoms with Gasteiger partial charge in [-0.05, 0) is 11.1 Å². The van der Waals surface area contributed by atoms with Crippen LogP contribution in [0.4, 0.5) is 0 Å². The lowest BCUT2D eigenvalue weighted by Gasteiger charge is -2.18. The van der Waals surface area contributed by atoms with E-state index in [1.54, 1.807) is 0 Å². The third-order valence-electron chi connectivity index (χ3n) is 3.11. The monoisotopic (exact) mass is 375 g/mol. The fraction of sp³-hybridized carbons (Fsp3) is 0.118. The van der Waals surface area contributed by atoms with Crippen LogP contribution in [-0.4, -0.2) is 28.0 Å². The lowest BCUT2D eigenvalue weighted by Crippen LogP contribution is -2.29. The number of benzene rings is 2. The highest BCUT2D eigenvalue weighted by Crippen LogP contribution is 2.26. The van der Waals surface area contributed by atoms with Crippen LogP contribution in [0.15, 0.2) is 65.8 Å². The number of carbonyl (C=O) groups excluding carboxylic acids is 2. The second kappa shape index (κ2) is 8.24. The average Bonchev–Trinajstić information content (AvgIpc) is 2.61. The highest BCUT2D eigenvalue weighted by molar-refractivity contribution is 9.09. The molecule has 0 saturated heterocycles. The van der Waals surface area contributed by atoms with Crippen molar-refractivity contribution in [1.82, 2.24) is 0 Å². The van der Waals surface area contributed by atoms with Gasteiger partial charge >= 0.3 is 5.97 Å². The molecule has 0 heterocycles. The number of hydrogen-bond donors (Lipinski definition) is 1. The highest BCUT2D eigenvalue weighted by Gasteiger charge is 2.26. The van der Waals surface area contributed by atoms with Crippen LogP contribution in [0.3, 0.4) is 0 Å². The van der Waals surface area contributed by atoms with E-state index in [4.69, 9.17) is 9.94 Å². The van der Waals surface area contributed by atoms with Gasteiger partial charge in [0.25, 0.3) is 0 Å². The number of alkyl halides is 1. The van der Waals surface area contributed by atoms with E-state index in [9.17, 15) is 9.59 Å². The molecular weight excluding hydrogens is 362 g/mol. The molecule has 0 saturated carbocycles. The average molecular weight is 376 g/mol. The zero-order valence-corrected chi connectivity index (χ0v) is 13.6. The molecule has 0 aromatic heterocycles. The summed E-state index contributed by atoms with van der Waals surface area (Å²) in [6, 6.07) is 18.2. The Morgan fingerprint density at radius 2 is 1.48 bits per heavy atom. The fourth-order valence-electron chi connectivity index (χ4n) is 2.02. The van der Waals surface area contributed by atoms with Crippen LogP contribution in [0.25, 0.3) is 0 Å². The Kier molecular flexibility index (Phi) is 6.05. The molecule has 0 amide bonds. The Morgan fingerprint density at radius 3 is 1.87 bits per heavy atom. The van der Waals surface area contributed by atoms with Gasteiger partial charge in [-0.1, -0.05) is 81.7 Å². The number of rotatable bonds is 6. The quantitative estimate of drug-likeness (QED) is 0.210. The van der Waals surface area contributed by atoms with Crippen molar-refractivity contribution in [2.75, 3.05) is 5.33 Å². The third-order valence-corrected chi connectivity index (χ3v) is 3.62. The molecule has 23 heavy (non-hydrogen) atoms. The van der Waals surface area contributed by atoms with Gasteiger partial charge in [0.2, 0.25) is 11.5 Å². The van der Waals surface area contributed by atoms with Gasteiger partial charge in [-0.2, -0.15) is 0 Å². The van der Waals surface area contributed by atoms with Crippen LogP contribution >= 0.6 is 15.9 Å². The summed E-state index contributed by atoms with van der Waals surface area (Å²) in [5.74, 6) is -1.63. The highest BCUT2D eigenvalue weighted by atomic mass is 79.9. The minimum absolute atomic E-state index is 0.136. The molecule has 2 aromatic rings. The maximum absolute atomic E-state index is 12.2. The Morgan fingerprint density at radius 1 is 1.00 bits per heavy atom. The summed E-state index contributed by atoms with van der Waals surface area (Å²) >= 11 is 2.93. The number of ketones is 1. The predicted octanol–water partition coefficient (Wildman–Crippen LogP) is 3.11. The number of nitrogens with zero attached hydrogens (tertiary/aromatic N) is 1. The van der Waals surface area contributed by atoms with Gasteiger partial charge in [0.05, 0.1) is 5.33 Å². The summed E-state index contributed by atoms with van der Waals surface area (Å²) in [6.45, 7) is 0. The van der Waals surface area contributed by atoms with Crippen molar-refractivity contribution < 1.29 is 19.5 Å². The Balaban J connectivity index is 2.33. The first-order chi connectivity index (χ1) is 11.2. The van der Waals surface area contributed by atoms with Crippen molar-refractivity contribution in [3.63, 3.8) is 0 Å². The molecule has 5 nitrogen and oxygen atoms in total. The summed E-state index contributed by atoms with van der Waals surface area (Å²) in [5, 5.41) is 11.5. The predicted molar refractivity (Wildman–Crippen MR) is 88.8 cm³/mol. The molecule has 2 aromatic carbocycles. The molecule has 6 heteroatoms. The van der Waals surface area contributed by atoms with Gasteiger partial charge in [-0.3, -0.25) is 4.79 Å². The largest absolute Gasteiger partial charge is 0.448 e. The van der Waals surface area contributed by atoms with E-state index in [-0.39, 0.29) is 5.33 Å². The first-order valence-electron chi connectivity index (χ1n) is 6.79. The Bertz CT molecular complexity index is 662. The molecule has 0 aliphatic carbocycles. The summed E-state index contributed by atoms with van der Waals surface area (Å²) in [7, 11) is 0. The molecular formula is C17H14BrNO4. The smallest absolute Gasteiger partial charge is 0.365 e. The second-order valence-corrected chi connectivity index (χ2v) is 5.17. The maximum atomic E-state index is 12.2. The number of oxime groups is 1. The number of Topliss-reactive ketones (excluding diaryl/α,β-unsaturated/α-hetero) is 1. The molecule has 0 fully saturated rings. The summed E-state index contributed by atoms with van der Waals surface area (Å²) in [6.07, 6.45) is -0.704. The van der Waals surface area contributed by atoms with E-state index in [0.29, 0.717) is 0 Å². The van der Waals surface area contributed by atoms with Gasteiger partial charge in [0, 0.05) is 0 Å². The fourth-order valence-corrected chi connectivity index (χ4v) is 2.29. The van der Waals surface area contributed by atoms with Crippen LogP contribution in [0.5, 0.6) is 0 Å². The van der Waals surface area contributed by atoms with Crippen LogP contribution in [0.2, 0.25) is 0 Å². The van der Waals surface area contributed by atoms with Crippen molar-refractivity contribution in [1.29, 1.82) is 0 Å². The van der Waals surface area contributed by atoms with Crippen molar-refractivity contribution in [3.05, 3.63) is 71.8 Å². The molecule has 0 atom stereocenters. The summed E-state index contributed by atoms with van der Waals surface area (Å²) in [5.41, 5.74) is 0.852. The first-order valence-corrected chi connectivity index (χ1v) is 7.91. The molecule has 118 valence electrons. The van der Waals surface area contributed by atoms with Crippen molar-refractivity contribution in [3.8, 4) is 0 Å². The SMILES string of the molecule is O=C(CBr)/C(=N/O)C(=O)OC(c1ccccc1)c1ccccc1. The summed E-state index contributed by atoms with van der Waals surface area (Å²) in [4.78, 5) is 23.8. The molecule has 0 unspecified atom stereocenters. The minimum atomic E-state index is -0.977. The number of halogens is 1. The van der Waals surface area contributed by atoms with Gasteiger partial charge < -0.3 is 9.94 Å². The zero-order valence-electron chi connectivity index (χ0n) is 12.1. The van der Waals surface area contributed by atoms with Crippen LogP contribution < -0.4 is 0 Å². The second-order valence-electron chi connectivity index (χ2n) is 4.61. The molecule has 0 radical (unpaired) electrons. The lowest BCUT2D eigenvalue weighted by atomic mass is 10.0. The van der Waals surface area contributed by atoms with Gasteiger partial charge in [-0.15, -0.1) is 0 Å². The first kappa shape index (κ1) is 16.9. The van der Waals surface area contributed by atoms with Crippen molar-refractivity contribution in [2.24, 2.45) is 5.16 Å². The topological polar surface area (TPSA) is 76.0 Å². The van der Waals surface area contributed by atoms with E-state index in [0.717, 1.165) is 11.1 Å². The van der Waals surface area contributed by atoms with E-state index in [1.807, 2.05) is 60.7 Å². The number of hydrogen-bond acceptors (Lipinski definition) is 5. The van der Waals surface area contributed by atoms with Crippen LogP contribution in [0, 0.1) is 0 Å². The Hall–Kier alpha value is -2.47. The van der Waals surface area contributed by atoms with E-state index in [2.05, 4.69) is 21.1 Å². The Labute approximate surface area is 141 Å². The zero-order chi connectivity index (χ0) is 16.7. The van der Waals surface area contributed by atoms with Crippen molar-refractivity contribution >= 4 is 33.4 Å². The van der Waals surface area contributed by atoms with E-state index >= 15 is 0 Å².